The molecule has 0 N–H and O–H groups in total. The average Bonchev–Trinajstić information content (AvgIpc) is 3.20. The molecule has 5 nitrogen and oxygen atoms in total. The molecule has 1 fully saturated rings. The minimum absolute atomic E-state index is 0.00325. The lowest BCUT2D eigenvalue weighted by molar-refractivity contribution is -0.127. The van der Waals surface area contributed by atoms with Crippen molar-refractivity contribution in [1.82, 2.24) is 14.5 Å². The standard InChI is InChI=1S/C21H25N3O2S/c1-3-13-23(14-4-2)19(25)15-27-21-22-18-12-8-7-11-17(18)20(26)24(21)16-9-5-6-10-16/h3-4,7-8,11-12,16H,1-2,5-6,9-10,13-15H2. The number of aromatic nitrogens is 2. The van der Waals surface area contributed by atoms with Crippen LogP contribution >= 0.6 is 11.8 Å². The van der Waals surface area contributed by atoms with Gasteiger partial charge in [0.1, 0.15) is 0 Å². The first-order valence-electron chi connectivity index (χ1n) is 9.29. The normalized spacial score (nSPS) is 14.4. The van der Waals surface area contributed by atoms with Gasteiger partial charge in [-0.15, -0.1) is 13.2 Å². The van der Waals surface area contributed by atoms with E-state index in [0.29, 0.717) is 29.1 Å². The summed E-state index contributed by atoms with van der Waals surface area (Å²) in [5, 5.41) is 1.27. The zero-order valence-electron chi connectivity index (χ0n) is 15.5. The fourth-order valence-electron chi connectivity index (χ4n) is 3.52. The predicted octanol–water partition coefficient (Wildman–Crippen LogP) is 3.80. The highest BCUT2D eigenvalue weighted by Gasteiger charge is 2.23. The van der Waals surface area contributed by atoms with E-state index >= 15 is 0 Å². The molecular formula is C21H25N3O2S. The number of thioether (sulfide) groups is 1. The van der Waals surface area contributed by atoms with Crippen LogP contribution in [0.25, 0.3) is 10.9 Å². The van der Waals surface area contributed by atoms with Gasteiger partial charge in [-0.05, 0) is 25.0 Å². The Morgan fingerprint density at radius 1 is 1.22 bits per heavy atom. The summed E-state index contributed by atoms with van der Waals surface area (Å²) in [6.45, 7) is 8.36. The van der Waals surface area contributed by atoms with Crippen molar-refractivity contribution in [3.05, 3.63) is 59.9 Å². The molecule has 1 aliphatic carbocycles. The summed E-state index contributed by atoms with van der Waals surface area (Å²) in [5.74, 6) is 0.222. The van der Waals surface area contributed by atoms with Crippen LogP contribution in [0.3, 0.4) is 0 Å². The number of nitrogens with zero attached hydrogens (tertiary/aromatic N) is 3. The maximum absolute atomic E-state index is 13.1. The lowest BCUT2D eigenvalue weighted by Crippen LogP contribution is -2.33. The molecule has 1 aromatic heterocycles. The Labute approximate surface area is 163 Å². The van der Waals surface area contributed by atoms with E-state index < -0.39 is 0 Å². The fraction of sp³-hybridized carbons (Fsp3) is 0.381. The van der Waals surface area contributed by atoms with Crippen LogP contribution in [-0.2, 0) is 4.79 Å². The smallest absolute Gasteiger partial charge is 0.262 e. The molecular weight excluding hydrogens is 358 g/mol. The van der Waals surface area contributed by atoms with Crippen LogP contribution in [0.1, 0.15) is 31.7 Å². The van der Waals surface area contributed by atoms with E-state index in [-0.39, 0.29) is 23.3 Å². The Balaban J connectivity index is 1.91. The van der Waals surface area contributed by atoms with E-state index in [1.54, 1.807) is 17.1 Å². The molecule has 0 aliphatic heterocycles. The summed E-state index contributed by atoms with van der Waals surface area (Å²) in [5.41, 5.74) is 0.678. The number of hydrogen-bond acceptors (Lipinski definition) is 4. The van der Waals surface area contributed by atoms with E-state index in [1.807, 2.05) is 28.8 Å². The van der Waals surface area contributed by atoms with Crippen LogP contribution in [0, 0.1) is 0 Å². The zero-order valence-corrected chi connectivity index (χ0v) is 16.3. The number of carbonyl (C=O) groups is 1. The molecule has 3 rings (SSSR count). The van der Waals surface area contributed by atoms with Gasteiger partial charge in [0.05, 0.1) is 16.7 Å². The second-order valence-electron chi connectivity index (χ2n) is 6.69. The van der Waals surface area contributed by atoms with Crippen LogP contribution in [0.5, 0.6) is 0 Å². The van der Waals surface area contributed by atoms with E-state index in [1.165, 1.54) is 11.8 Å². The van der Waals surface area contributed by atoms with Crippen LogP contribution in [0.2, 0.25) is 0 Å². The third kappa shape index (κ3) is 4.33. The topological polar surface area (TPSA) is 55.2 Å². The van der Waals surface area contributed by atoms with E-state index in [4.69, 9.17) is 4.98 Å². The summed E-state index contributed by atoms with van der Waals surface area (Å²) in [4.78, 5) is 32.1. The fourth-order valence-corrected chi connectivity index (χ4v) is 4.49. The largest absolute Gasteiger partial charge is 0.335 e. The van der Waals surface area contributed by atoms with Crippen molar-refractivity contribution in [3.8, 4) is 0 Å². The summed E-state index contributed by atoms with van der Waals surface area (Å²) >= 11 is 1.34. The molecule has 0 spiro atoms. The minimum atomic E-state index is -0.0137. The highest BCUT2D eigenvalue weighted by Crippen LogP contribution is 2.32. The van der Waals surface area contributed by atoms with Gasteiger partial charge < -0.3 is 4.90 Å². The first kappa shape index (κ1) is 19.4. The monoisotopic (exact) mass is 383 g/mol. The van der Waals surface area contributed by atoms with Crippen LogP contribution < -0.4 is 5.56 Å². The Morgan fingerprint density at radius 2 is 1.89 bits per heavy atom. The second-order valence-corrected chi connectivity index (χ2v) is 7.63. The average molecular weight is 384 g/mol. The highest BCUT2D eigenvalue weighted by atomic mass is 32.2. The molecule has 27 heavy (non-hydrogen) atoms. The lowest BCUT2D eigenvalue weighted by atomic mass is 10.2. The number of amides is 1. The van der Waals surface area contributed by atoms with Gasteiger partial charge in [0, 0.05) is 19.1 Å². The molecule has 6 heteroatoms. The summed E-state index contributed by atoms with van der Waals surface area (Å²) in [6.07, 6.45) is 7.63. The second kappa shape index (κ2) is 9.04. The summed E-state index contributed by atoms with van der Waals surface area (Å²) in [7, 11) is 0. The maximum Gasteiger partial charge on any atom is 0.262 e. The maximum atomic E-state index is 13.1. The summed E-state index contributed by atoms with van der Waals surface area (Å²) in [6, 6.07) is 7.59. The number of rotatable bonds is 8. The number of hydrogen-bond donors (Lipinski definition) is 0. The quantitative estimate of drug-likeness (QED) is 0.395. The number of para-hydroxylation sites is 1. The van der Waals surface area contributed by atoms with E-state index in [0.717, 1.165) is 25.7 Å². The van der Waals surface area contributed by atoms with Crippen molar-refractivity contribution in [2.24, 2.45) is 0 Å². The third-order valence-corrected chi connectivity index (χ3v) is 5.78. The Kier molecular flexibility index (Phi) is 6.50. The van der Waals surface area contributed by atoms with Crippen LogP contribution in [-0.4, -0.2) is 39.2 Å². The Hall–Kier alpha value is -2.34. The van der Waals surface area contributed by atoms with Gasteiger partial charge >= 0.3 is 0 Å². The number of carbonyl (C=O) groups excluding carboxylic acids is 1. The van der Waals surface area contributed by atoms with Crippen molar-refractivity contribution in [2.75, 3.05) is 18.8 Å². The molecule has 2 aromatic rings. The summed E-state index contributed by atoms with van der Waals surface area (Å²) < 4.78 is 1.82. The van der Waals surface area contributed by atoms with Gasteiger partial charge in [-0.25, -0.2) is 4.98 Å². The van der Waals surface area contributed by atoms with Gasteiger partial charge in [0.2, 0.25) is 5.91 Å². The highest BCUT2D eigenvalue weighted by molar-refractivity contribution is 7.99. The van der Waals surface area contributed by atoms with Crippen LogP contribution in [0.4, 0.5) is 0 Å². The Bertz CT molecular complexity index is 890. The van der Waals surface area contributed by atoms with Crippen molar-refractivity contribution < 1.29 is 4.79 Å². The molecule has 1 amide bonds. The van der Waals surface area contributed by atoms with Crippen LogP contribution in [0.15, 0.2) is 59.5 Å². The SMILES string of the molecule is C=CCN(CC=C)C(=O)CSc1nc2ccccc2c(=O)n1C1CCCC1. The van der Waals surface area contributed by atoms with Crippen molar-refractivity contribution in [1.29, 1.82) is 0 Å². The molecule has 1 saturated carbocycles. The van der Waals surface area contributed by atoms with Gasteiger partial charge in [-0.3, -0.25) is 14.2 Å². The van der Waals surface area contributed by atoms with E-state index in [2.05, 4.69) is 13.2 Å². The molecule has 1 heterocycles. The minimum Gasteiger partial charge on any atom is -0.335 e. The molecule has 142 valence electrons. The molecule has 1 aliphatic rings. The molecule has 0 bridgehead atoms. The first-order valence-corrected chi connectivity index (χ1v) is 10.3. The number of fused-ring (bicyclic) bond motifs is 1. The molecule has 0 saturated heterocycles. The van der Waals surface area contributed by atoms with Crippen molar-refractivity contribution in [3.63, 3.8) is 0 Å². The first-order chi connectivity index (χ1) is 13.2. The zero-order chi connectivity index (χ0) is 19.2. The van der Waals surface area contributed by atoms with Gasteiger partial charge in [-0.2, -0.15) is 0 Å². The molecule has 0 atom stereocenters. The van der Waals surface area contributed by atoms with Crippen molar-refractivity contribution in [2.45, 2.75) is 36.9 Å². The third-order valence-electron chi connectivity index (χ3n) is 4.84. The predicted molar refractivity (Wildman–Crippen MR) is 111 cm³/mol. The molecule has 0 unspecified atom stereocenters. The van der Waals surface area contributed by atoms with Gasteiger partial charge in [0.25, 0.3) is 5.56 Å². The van der Waals surface area contributed by atoms with E-state index in [9.17, 15) is 9.59 Å². The van der Waals surface area contributed by atoms with Crippen molar-refractivity contribution >= 4 is 28.6 Å². The van der Waals surface area contributed by atoms with Gasteiger partial charge in [0.15, 0.2) is 5.16 Å². The lowest BCUT2D eigenvalue weighted by Gasteiger charge is -2.21. The molecule has 0 radical (unpaired) electrons. The molecule has 1 aromatic carbocycles. The Morgan fingerprint density at radius 3 is 2.56 bits per heavy atom. The van der Waals surface area contributed by atoms with Gasteiger partial charge in [-0.1, -0.05) is 48.9 Å². The number of benzene rings is 1.